The van der Waals surface area contributed by atoms with Crippen LogP contribution >= 0.6 is 0 Å². The summed E-state index contributed by atoms with van der Waals surface area (Å²) < 4.78 is 0. The van der Waals surface area contributed by atoms with E-state index in [9.17, 15) is 0 Å². The minimum atomic E-state index is -0.235. The van der Waals surface area contributed by atoms with Gasteiger partial charge in [0.1, 0.15) is 0 Å². The zero-order valence-electron chi connectivity index (χ0n) is 27.1. The highest BCUT2D eigenvalue weighted by atomic mass is 14.8. The second-order valence-electron chi connectivity index (χ2n) is 14.2. The number of fused-ring (bicyclic) bond motifs is 13. The third-order valence-electron chi connectivity index (χ3n) is 11.9. The molecule has 6 aromatic carbocycles. The number of para-hydroxylation sites is 1. The fourth-order valence-electron chi connectivity index (χ4n) is 9.93. The van der Waals surface area contributed by atoms with Crippen molar-refractivity contribution in [1.29, 1.82) is 0 Å². The number of aliphatic imine (C=N–C) groups is 1. The van der Waals surface area contributed by atoms with Gasteiger partial charge in [-0.25, -0.2) is 4.99 Å². The van der Waals surface area contributed by atoms with Gasteiger partial charge in [0.15, 0.2) is 0 Å². The maximum atomic E-state index is 5.49. The van der Waals surface area contributed by atoms with Gasteiger partial charge in [-0.3, -0.25) is 0 Å². The summed E-state index contributed by atoms with van der Waals surface area (Å²) in [5.41, 5.74) is 17.0. The smallest absolute Gasteiger partial charge is 0.0748 e. The Morgan fingerprint density at radius 3 is 2.24 bits per heavy atom. The van der Waals surface area contributed by atoms with Gasteiger partial charge in [-0.15, -0.1) is 0 Å². The lowest BCUT2D eigenvalue weighted by Crippen LogP contribution is -2.34. The van der Waals surface area contributed by atoms with Gasteiger partial charge in [0, 0.05) is 23.3 Å². The van der Waals surface area contributed by atoms with E-state index in [4.69, 9.17) is 4.99 Å². The largest absolute Gasteiger partial charge is 0.248 e. The Morgan fingerprint density at radius 1 is 0.571 bits per heavy atom. The summed E-state index contributed by atoms with van der Waals surface area (Å²) in [6.07, 6.45) is 13.0. The summed E-state index contributed by atoms with van der Waals surface area (Å²) in [5, 5.41) is 2.53. The Balaban J connectivity index is 1.14. The molecule has 0 amide bonds. The van der Waals surface area contributed by atoms with Crippen molar-refractivity contribution in [3.8, 4) is 11.1 Å². The summed E-state index contributed by atoms with van der Waals surface area (Å²) in [6.45, 7) is 0. The van der Waals surface area contributed by atoms with E-state index in [1.54, 1.807) is 0 Å². The molecule has 4 aliphatic carbocycles. The van der Waals surface area contributed by atoms with Gasteiger partial charge < -0.3 is 0 Å². The molecule has 0 saturated heterocycles. The van der Waals surface area contributed by atoms with Crippen LogP contribution in [0.4, 0.5) is 5.69 Å². The molecule has 0 aromatic heterocycles. The standard InChI is InChI=1S/C48H33N/c1-2-13-31-26-33(25-24-30(31)12-1)32-14-11-15-34(27-32)47-41-29-45-40(28-39(41)38-19-6-10-23-46(38)49-47)37-18-5-9-22-44(37)48(45)42-20-7-3-16-35(42)36-17-4-8-21-43(36)48/h1-27,29,35,39,42H,28H2. The van der Waals surface area contributed by atoms with Gasteiger partial charge in [0.2, 0.25) is 0 Å². The second-order valence-corrected chi connectivity index (χ2v) is 14.2. The minimum absolute atomic E-state index is 0.235. The molecule has 230 valence electrons. The molecule has 4 atom stereocenters. The summed E-state index contributed by atoms with van der Waals surface area (Å²) in [5.74, 6) is 0.921. The fraction of sp³-hybridized carbons (Fsp3) is 0.104. The quantitative estimate of drug-likeness (QED) is 0.182. The molecule has 1 spiro atoms. The SMILES string of the molecule is C1=CC2c3ccccc3C3(C4=C(CC5C(=C4)C(c4cccc(-c6ccc7ccccc7c6)c4)=Nc4ccccc45)c4ccccc43)C2C=C1. The van der Waals surface area contributed by atoms with Crippen LogP contribution in [0.25, 0.3) is 27.5 Å². The molecule has 5 aliphatic rings. The van der Waals surface area contributed by atoms with Crippen molar-refractivity contribution in [3.05, 3.63) is 214 Å². The molecule has 1 nitrogen and oxygen atoms in total. The van der Waals surface area contributed by atoms with E-state index in [1.807, 2.05) is 0 Å². The predicted molar refractivity (Wildman–Crippen MR) is 203 cm³/mol. The number of hydrogen-bond acceptors (Lipinski definition) is 1. The maximum Gasteiger partial charge on any atom is 0.0748 e. The molecule has 0 saturated carbocycles. The van der Waals surface area contributed by atoms with Crippen molar-refractivity contribution >= 4 is 27.7 Å². The van der Waals surface area contributed by atoms with Crippen LogP contribution in [0.5, 0.6) is 0 Å². The zero-order chi connectivity index (χ0) is 32.1. The van der Waals surface area contributed by atoms with Crippen molar-refractivity contribution in [1.82, 2.24) is 0 Å². The lowest BCUT2D eigenvalue weighted by atomic mass is 9.63. The van der Waals surface area contributed by atoms with Gasteiger partial charge in [0.05, 0.1) is 16.8 Å². The van der Waals surface area contributed by atoms with E-state index >= 15 is 0 Å². The maximum absolute atomic E-state index is 5.49. The lowest BCUT2D eigenvalue weighted by Gasteiger charge is -2.39. The van der Waals surface area contributed by atoms with Crippen LogP contribution in [0.2, 0.25) is 0 Å². The third-order valence-corrected chi connectivity index (χ3v) is 11.9. The summed E-state index contributed by atoms with van der Waals surface area (Å²) in [6, 6.07) is 51.8. The summed E-state index contributed by atoms with van der Waals surface area (Å²) in [4.78, 5) is 5.49. The molecule has 49 heavy (non-hydrogen) atoms. The van der Waals surface area contributed by atoms with Crippen molar-refractivity contribution in [3.63, 3.8) is 0 Å². The first kappa shape index (κ1) is 27.2. The number of hydrogen-bond donors (Lipinski definition) is 0. The molecule has 1 heteroatoms. The monoisotopic (exact) mass is 623 g/mol. The van der Waals surface area contributed by atoms with Crippen molar-refractivity contribution < 1.29 is 0 Å². The number of rotatable bonds is 2. The lowest BCUT2D eigenvalue weighted by molar-refractivity contribution is 0.461. The van der Waals surface area contributed by atoms with E-state index in [0.29, 0.717) is 11.8 Å². The van der Waals surface area contributed by atoms with Gasteiger partial charge in [-0.05, 0) is 91.1 Å². The molecule has 0 bridgehead atoms. The predicted octanol–water partition coefficient (Wildman–Crippen LogP) is 11.6. The third kappa shape index (κ3) is 3.68. The highest BCUT2D eigenvalue weighted by Gasteiger charge is 2.58. The Hall–Kier alpha value is -5.79. The molecule has 6 aromatic rings. The fourth-order valence-corrected chi connectivity index (χ4v) is 9.93. The van der Waals surface area contributed by atoms with Crippen LogP contribution in [-0.2, 0) is 5.41 Å². The molecule has 4 unspecified atom stereocenters. The highest BCUT2D eigenvalue weighted by molar-refractivity contribution is 6.17. The molecular formula is C48H33N. The van der Waals surface area contributed by atoms with Crippen LogP contribution in [0.15, 0.2) is 186 Å². The first-order valence-electron chi connectivity index (χ1n) is 17.6. The Kier molecular flexibility index (Phi) is 5.61. The van der Waals surface area contributed by atoms with Crippen molar-refractivity contribution in [2.45, 2.75) is 23.7 Å². The number of nitrogens with zero attached hydrogens (tertiary/aromatic N) is 1. The van der Waals surface area contributed by atoms with Gasteiger partial charge in [-0.2, -0.15) is 0 Å². The molecule has 11 rings (SSSR count). The summed E-state index contributed by atoms with van der Waals surface area (Å²) >= 11 is 0. The first-order valence-corrected chi connectivity index (χ1v) is 17.6. The Morgan fingerprint density at radius 2 is 1.31 bits per heavy atom. The van der Waals surface area contributed by atoms with Crippen LogP contribution in [0.1, 0.15) is 51.6 Å². The molecule has 1 heterocycles. The van der Waals surface area contributed by atoms with Gasteiger partial charge in [0.25, 0.3) is 0 Å². The average molecular weight is 624 g/mol. The van der Waals surface area contributed by atoms with Crippen LogP contribution in [0, 0.1) is 5.92 Å². The Bertz CT molecular complexity index is 2550. The van der Waals surface area contributed by atoms with Gasteiger partial charge in [-0.1, -0.05) is 152 Å². The summed E-state index contributed by atoms with van der Waals surface area (Å²) in [7, 11) is 0. The van der Waals surface area contributed by atoms with Crippen molar-refractivity contribution in [2.24, 2.45) is 10.9 Å². The second kappa shape index (κ2) is 10.1. The molecule has 0 N–H and O–H groups in total. The van der Waals surface area contributed by atoms with Crippen molar-refractivity contribution in [2.75, 3.05) is 0 Å². The Labute approximate surface area is 287 Å². The van der Waals surface area contributed by atoms with E-state index < -0.39 is 0 Å². The number of allylic oxidation sites excluding steroid dienone is 8. The van der Waals surface area contributed by atoms with E-state index in [0.717, 1.165) is 17.8 Å². The highest BCUT2D eigenvalue weighted by Crippen LogP contribution is 2.67. The molecule has 0 fully saturated rings. The van der Waals surface area contributed by atoms with E-state index in [-0.39, 0.29) is 11.3 Å². The topological polar surface area (TPSA) is 12.4 Å². The van der Waals surface area contributed by atoms with Crippen LogP contribution < -0.4 is 0 Å². The first-order chi connectivity index (χ1) is 24.3. The minimum Gasteiger partial charge on any atom is -0.248 e. The average Bonchev–Trinajstić information content (AvgIpc) is 3.64. The van der Waals surface area contributed by atoms with Crippen LogP contribution in [-0.4, -0.2) is 5.71 Å². The van der Waals surface area contributed by atoms with E-state index in [2.05, 4.69) is 170 Å². The zero-order valence-corrected chi connectivity index (χ0v) is 27.1. The molecule has 1 aliphatic heterocycles. The van der Waals surface area contributed by atoms with E-state index in [1.165, 1.54) is 72.0 Å². The molecular weight excluding hydrogens is 591 g/mol. The number of benzene rings is 6. The molecule has 0 radical (unpaired) electrons. The normalized spacial score (nSPS) is 23.7. The van der Waals surface area contributed by atoms with Gasteiger partial charge >= 0.3 is 0 Å². The van der Waals surface area contributed by atoms with Crippen LogP contribution in [0.3, 0.4) is 0 Å².